The van der Waals surface area contributed by atoms with Gasteiger partial charge in [-0.3, -0.25) is 4.98 Å². The lowest BCUT2D eigenvalue weighted by atomic mass is 9.83. The van der Waals surface area contributed by atoms with E-state index >= 15 is 0 Å². The first-order chi connectivity index (χ1) is 16.6. The van der Waals surface area contributed by atoms with Gasteiger partial charge in [-0.25, -0.2) is 0 Å². The maximum Gasteiger partial charge on any atom is 0.0801 e. The number of allylic oxidation sites excluding steroid dienone is 1. The van der Waals surface area contributed by atoms with Crippen LogP contribution in [-0.2, 0) is 11.8 Å². The van der Waals surface area contributed by atoms with Crippen molar-refractivity contribution in [3.63, 3.8) is 0 Å². The molecule has 0 aromatic carbocycles. The van der Waals surface area contributed by atoms with E-state index in [1.807, 2.05) is 43.5 Å². The fourth-order valence-electron chi connectivity index (χ4n) is 3.53. The zero-order chi connectivity index (χ0) is 24.4. The minimum absolute atomic E-state index is 0.0925. The highest BCUT2D eigenvalue weighted by molar-refractivity contribution is 7.23. The molecule has 34 heavy (non-hydrogen) atoms. The van der Waals surface area contributed by atoms with E-state index in [0.29, 0.717) is 0 Å². The molecule has 2 nitrogen and oxygen atoms in total. The van der Waals surface area contributed by atoms with Crippen molar-refractivity contribution < 1.29 is 0 Å². The molecule has 0 bridgehead atoms. The van der Waals surface area contributed by atoms with Crippen molar-refractivity contribution in [3.8, 4) is 32.2 Å². The molecule has 0 aliphatic rings. The zero-order valence-electron chi connectivity index (χ0n) is 20.3. The highest BCUT2D eigenvalue weighted by Crippen LogP contribution is 2.39. The number of thiophene rings is 3. The first kappa shape index (κ1) is 26.0. The van der Waals surface area contributed by atoms with Crippen LogP contribution in [0.4, 0.5) is 0 Å². The molecule has 4 aromatic heterocycles. The van der Waals surface area contributed by atoms with Gasteiger partial charge in [0.25, 0.3) is 0 Å². The summed E-state index contributed by atoms with van der Waals surface area (Å²) in [6.45, 7) is 8.35. The van der Waals surface area contributed by atoms with E-state index < -0.39 is 0 Å². The average molecular weight is 505 g/mol. The number of rotatable bonds is 7. The highest BCUT2D eigenvalue weighted by atomic mass is 32.1. The van der Waals surface area contributed by atoms with Gasteiger partial charge in [-0.15, -0.1) is 34.0 Å². The Morgan fingerprint density at radius 3 is 2.44 bits per heavy atom. The van der Waals surface area contributed by atoms with Crippen LogP contribution < -0.4 is 5.73 Å². The quantitative estimate of drug-likeness (QED) is 0.255. The number of nitrogens with two attached hydrogens (primary N) is 1. The van der Waals surface area contributed by atoms with Crippen LogP contribution >= 0.6 is 34.0 Å². The normalized spacial score (nSPS) is 12.5. The summed E-state index contributed by atoms with van der Waals surface area (Å²) in [7, 11) is 0. The molecule has 0 saturated heterocycles. The molecule has 0 aliphatic carbocycles. The molecule has 0 radical (unpaired) electrons. The summed E-state index contributed by atoms with van der Waals surface area (Å²) in [4.78, 5) is 12.1. The van der Waals surface area contributed by atoms with Gasteiger partial charge in [0.1, 0.15) is 0 Å². The van der Waals surface area contributed by atoms with Gasteiger partial charge < -0.3 is 5.73 Å². The van der Waals surface area contributed by atoms with Crippen LogP contribution in [0.5, 0.6) is 0 Å². The van der Waals surface area contributed by atoms with Gasteiger partial charge in [0, 0.05) is 37.5 Å². The molecule has 0 aliphatic heterocycles. The second-order valence-corrected chi connectivity index (χ2v) is 11.1. The first-order valence-corrected chi connectivity index (χ1v) is 14.1. The Morgan fingerprint density at radius 1 is 0.941 bits per heavy atom. The summed E-state index contributed by atoms with van der Waals surface area (Å²) in [6, 6.07) is 19.3. The molecular weight excluding hydrogens is 473 g/mol. The monoisotopic (exact) mass is 504 g/mol. The van der Waals surface area contributed by atoms with Gasteiger partial charge in [0.05, 0.1) is 15.4 Å². The van der Waals surface area contributed by atoms with E-state index in [1.165, 1.54) is 24.4 Å². The maximum absolute atomic E-state index is 5.83. The van der Waals surface area contributed by atoms with Gasteiger partial charge in [0.15, 0.2) is 0 Å². The van der Waals surface area contributed by atoms with Crippen molar-refractivity contribution >= 4 is 34.0 Å². The lowest BCUT2D eigenvalue weighted by Gasteiger charge is -2.24. The van der Waals surface area contributed by atoms with Gasteiger partial charge in [-0.05, 0) is 67.6 Å². The van der Waals surface area contributed by atoms with Crippen LogP contribution in [0.3, 0.4) is 0 Å². The molecule has 0 spiro atoms. The van der Waals surface area contributed by atoms with E-state index in [-0.39, 0.29) is 5.41 Å². The smallest absolute Gasteiger partial charge is 0.0801 e. The summed E-state index contributed by atoms with van der Waals surface area (Å²) in [5.74, 6) is 6.42. The minimum atomic E-state index is -0.0925. The van der Waals surface area contributed by atoms with Gasteiger partial charge in [-0.2, -0.15) is 0 Å². The fourth-order valence-corrected chi connectivity index (χ4v) is 6.65. The van der Waals surface area contributed by atoms with Crippen molar-refractivity contribution in [3.05, 3.63) is 87.7 Å². The summed E-state index contributed by atoms with van der Waals surface area (Å²) >= 11 is 5.46. The lowest BCUT2D eigenvalue weighted by molar-refractivity contribution is 0.551. The van der Waals surface area contributed by atoms with E-state index in [9.17, 15) is 0 Å². The highest BCUT2D eigenvalue weighted by Gasteiger charge is 2.25. The molecule has 4 rings (SSSR count). The van der Waals surface area contributed by atoms with Gasteiger partial charge in [0.2, 0.25) is 0 Å². The maximum atomic E-state index is 5.83. The molecule has 0 amide bonds. The zero-order valence-corrected chi connectivity index (χ0v) is 22.7. The van der Waals surface area contributed by atoms with Crippen LogP contribution in [0, 0.1) is 11.8 Å². The third kappa shape index (κ3) is 6.48. The lowest BCUT2D eigenvalue weighted by Crippen LogP contribution is -2.19. The summed E-state index contributed by atoms with van der Waals surface area (Å²) in [6.07, 6.45) is 8.55. The Balaban J connectivity index is 0.00000158. The second-order valence-electron chi connectivity index (χ2n) is 7.74. The van der Waals surface area contributed by atoms with Crippen molar-refractivity contribution in [2.75, 3.05) is 0 Å². The van der Waals surface area contributed by atoms with E-state index in [1.54, 1.807) is 28.9 Å². The number of aryl methyl sites for hydroxylation is 1. The standard InChI is InChI=1S/C27H26N2S3.C2H6/c1-3-4-7-20-10-14-26(31-20)27(2,17-18-28)16-15-21-9-11-24(30-21)25-13-12-23(32-25)22-8-5-6-19-29-22;1-2/h5-6,8-14,17-19H,3,15-16,28H2,1-2H3;1-2H3/b18-17-;. The van der Waals surface area contributed by atoms with E-state index in [4.69, 9.17) is 5.73 Å². The van der Waals surface area contributed by atoms with Crippen LogP contribution in [-0.4, -0.2) is 4.98 Å². The molecule has 4 aromatic rings. The van der Waals surface area contributed by atoms with Gasteiger partial charge >= 0.3 is 0 Å². The van der Waals surface area contributed by atoms with Crippen LogP contribution in [0.1, 0.15) is 55.2 Å². The van der Waals surface area contributed by atoms with Crippen molar-refractivity contribution in [2.24, 2.45) is 5.73 Å². The number of aromatic nitrogens is 1. The predicted molar refractivity (Wildman–Crippen MR) is 153 cm³/mol. The SMILES string of the molecule is CC.CCC#Cc1ccc(C(C)(/C=C\N)CCc2ccc(-c3ccc(-c4ccccn4)s3)s2)s1. The molecule has 0 saturated carbocycles. The molecule has 1 atom stereocenters. The topological polar surface area (TPSA) is 38.9 Å². The molecule has 1 unspecified atom stereocenters. The van der Waals surface area contributed by atoms with Crippen LogP contribution in [0.2, 0.25) is 0 Å². The number of pyridine rings is 1. The molecular formula is C29H32N2S3. The van der Waals surface area contributed by atoms with Crippen molar-refractivity contribution in [1.29, 1.82) is 0 Å². The summed E-state index contributed by atoms with van der Waals surface area (Å²) < 4.78 is 0. The van der Waals surface area contributed by atoms with Gasteiger partial charge in [-0.1, -0.05) is 51.7 Å². The third-order valence-electron chi connectivity index (χ3n) is 5.34. The molecule has 2 N–H and O–H groups in total. The Bertz CT molecular complexity index is 1250. The van der Waals surface area contributed by atoms with E-state index in [0.717, 1.165) is 29.8 Å². The number of hydrogen-bond acceptors (Lipinski definition) is 5. The largest absolute Gasteiger partial charge is 0.405 e. The number of nitrogens with zero attached hydrogens (tertiary/aromatic N) is 1. The van der Waals surface area contributed by atoms with Crippen LogP contribution in [0.25, 0.3) is 20.3 Å². The molecule has 4 heterocycles. The molecule has 5 heteroatoms. The summed E-state index contributed by atoms with van der Waals surface area (Å²) in [5, 5.41) is 0. The van der Waals surface area contributed by atoms with Crippen molar-refractivity contribution in [1.82, 2.24) is 4.98 Å². The second kappa shape index (κ2) is 12.7. The predicted octanol–water partition coefficient (Wildman–Crippen LogP) is 8.75. The first-order valence-electron chi connectivity index (χ1n) is 11.7. The Hall–Kier alpha value is -2.65. The fraction of sp³-hybridized carbons (Fsp3) is 0.276. The Morgan fingerprint density at radius 2 is 1.71 bits per heavy atom. The van der Waals surface area contributed by atoms with E-state index in [2.05, 4.69) is 79.2 Å². The molecule has 0 fully saturated rings. The van der Waals surface area contributed by atoms with Crippen LogP contribution in [0.15, 0.2) is 73.1 Å². The average Bonchev–Trinajstić information content (AvgIpc) is 3.64. The third-order valence-corrected chi connectivity index (χ3v) is 9.07. The van der Waals surface area contributed by atoms with Crippen molar-refractivity contribution in [2.45, 2.75) is 52.4 Å². The molecule has 176 valence electrons. The number of hydrogen-bond donors (Lipinski definition) is 1. The minimum Gasteiger partial charge on any atom is -0.405 e. The Kier molecular flexibility index (Phi) is 9.71. The summed E-state index contributed by atoms with van der Waals surface area (Å²) in [5.41, 5.74) is 6.77. The Labute approximate surface area is 216 Å².